The minimum absolute atomic E-state index is 0.377. The van der Waals surface area contributed by atoms with Crippen molar-refractivity contribution in [2.45, 2.75) is 46.5 Å². The predicted octanol–water partition coefficient (Wildman–Crippen LogP) is 3.94. The molecule has 0 unspecified atom stereocenters. The minimum Gasteiger partial charge on any atom is -0.312 e. The predicted molar refractivity (Wildman–Crippen MR) is 78.1 cm³/mol. The Morgan fingerprint density at radius 1 is 1.30 bits per heavy atom. The second-order valence-electron chi connectivity index (χ2n) is 4.90. The summed E-state index contributed by atoms with van der Waals surface area (Å²) in [5, 5.41) is 3.24. The first kappa shape index (κ1) is 17.5. The highest BCUT2D eigenvalue weighted by Crippen LogP contribution is 2.25. The fourth-order valence-corrected chi connectivity index (χ4v) is 3.13. The topological polar surface area (TPSA) is 15.3 Å². The standard InChI is InChI=1S/C14H23F3N2S/c1-4-6-19(10-14(15,16)17)9-12-7-13(8-18-5-2)20-11(12)3/h7,18H,4-6,8-10H2,1-3H3. The molecule has 0 bridgehead atoms. The lowest BCUT2D eigenvalue weighted by molar-refractivity contribution is -0.147. The first-order valence-electron chi connectivity index (χ1n) is 6.93. The van der Waals surface area contributed by atoms with Gasteiger partial charge in [0.15, 0.2) is 0 Å². The van der Waals surface area contributed by atoms with Gasteiger partial charge in [-0.15, -0.1) is 11.3 Å². The summed E-state index contributed by atoms with van der Waals surface area (Å²) >= 11 is 1.66. The van der Waals surface area contributed by atoms with Gasteiger partial charge in [-0.2, -0.15) is 13.2 Å². The van der Waals surface area contributed by atoms with Crippen LogP contribution in [0.3, 0.4) is 0 Å². The molecule has 0 aliphatic heterocycles. The zero-order chi connectivity index (χ0) is 15.2. The molecule has 0 spiro atoms. The molecule has 0 amide bonds. The highest BCUT2D eigenvalue weighted by molar-refractivity contribution is 7.12. The number of rotatable bonds is 8. The number of aryl methyl sites for hydroxylation is 1. The maximum absolute atomic E-state index is 12.6. The Labute approximate surface area is 123 Å². The zero-order valence-corrected chi connectivity index (χ0v) is 13.1. The maximum atomic E-state index is 12.6. The summed E-state index contributed by atoms with van der Waals surface area (Å²) in [6.45, 7) is 7.61. The van der Waals surface area contributed by atoms with Gasteiger partial charge in [0.2, 0.25) is 0 Å². The summed E-state index contributed by atoms with van der Waals surface area (Å²) in [5.41, 5.74) is 1.01. The van der Waals surface area contributed by atoms with Crippen LogP contribution in [-0.4, -0.2) is 30.7 Å². The number of alkyl halides is 3. The number of hydrogen-bond donors (Lipinski definition) is 1. The van der Waals surface area contributed by atoms with E-state index < -0.39 is 12.7 Å². The molecule has 0 aliphatic rings. The average molecular weight is 308 g/mol. The molecular formula is C14H23F3N2S. The van der Waals surface area contributed by atoms with Crippen LogP contribution in [0.25, 0.3) is 0 Å². The molecule has 1 heterocycles. The molecule has 1 aromatic heterocycles. The molecule has 1 aromatic rings. The Morgan fingerprint density at radius 3 is 2.55 bits per heavy atom. The van der Waals surface area contributed by atoms with E-state index >= 15 is 0 Å². The Kier molecular flexibility index (Phi) is 6.99. The van der Waals surface area contributed by atoms with E-state index in [0.29, 0.717) is 13.1 Å². The third-order valence-corrected chi connectivity index (χ3v) is 4.05. The SMILES string of the molecule is CCCN(Cc1cc(CNCC)sc1C)CC(F)(F)F. The van der Waals surface area contributed by atoms with Crippen LogP contribution in [0.4, 0.5) is 13.2 Å². The summed E-state index contributed by atoms with van der Waals surface area (Å²) in [6, 6.07) is 2.03. The Morgan fingerprint density at radius 2 is 2.00 bits per heavy atom. The molecular weight excluding hydrogens is 285 g/mol. The van der Waals surface area contributed by atoms with Crippen molar-refractivity contribution in [3.05, 3.63) is 21.4 Å². The van der Waals surface area contributed by atoms with Crippen molar-refractivity contribution >= 4 is 11.3 Å². The smallest absolute Gasteiger partial charge is 0.312 e. The number of hydrogen-bond acceptors (Lipinski definition) is 3. The summed E-state index contributed by atoms with van der Waals surface area (Å²) < 4.78 is 37.7. The molecule has 0 aromatic carbocycles. The quantitative estimate of drug-likeness (QED) is 0.782. The highest BCUT2D eigenvalue weighted by atomic mass is 32.1. The Balaban J connectivity index is 2.70. The second-order valence-corrected chi connectivity index (χ2v) is 6.24. The van der Waals surface area contributed by atoms with E-state index in [4.69, 9.17) is 0 Å². The van der Waals surface area contributed by atoms with Gasteiger partial charge in [0.25, 0.3) is 0 Å². The van der Waals surface area contributed by atoms with Crippen LogP contribution in [0.15, 0.2) is 6.07 Å². The van der Waals surface area contributed by atoms with Crippen molar-refractivity contribution < 1.29 is 13.2 Å². The molecule has 0 aliphatic carbocycles. The van der Waals surface area contributed by atoms with Crippen LogP contribution in [-0.2, 0) is 13.1 Å². The molecule has 2 nitrogen and oxygen atoms in total. The fraction of sp³-hybridized carbons (Fsp3) is 0.714. The van der Waals surface area contributed by atoms with Crippen LogP contribution in [0.5, 0.6) is 0 Å². The lowest BCUT2D eigenvalue weighted by Crippen LogP contribution is -2.34. The lowest BCUT2D eigenvalue weighted by atomic mass is 10.2. The van der Waals surface area contributed by atoms with Crippen LogP contribution >= 0.6 is 11.3 Å². The van der Waals surface area contributed by atoms with E-state index in [-0.39, 0.29) is 0 Å². The number of thiophene rings is 1. The van der Waals surface area contributed by atoms with Crippen LogP contribution in [0, 0.1) is 6.92 Å². The van der Waals surface area contributed by atoms with Crippen molar-refractivity contribution in [2.24, 2.45) is 0 Å². The molecule has 1 rings (SSSR count). The van der Waals surface area contributed by atoms with E-state index in [1.807, 2.05) is 26.8 Å². The molecule has 0 atom stereocenters. The van der Waals surface area contributed by atoms with E-state index in [9.17, 15) is 13.2 Å². The Bertz CT molecular complexity index is 402. The minimum atomic E-state index is -4.13. The third kappa shape index (κ3) is 6.24. The van der Waals surface area contributed by atoms with Crippen LogP contribution in [0.2, 0.25) is 0 Å². The molecule has 1 N–H and O–H groups in total. The molecule has 116 valence electrons. The molecule has 0 fully saturated rings. The van der Waals surface area contributed by atoms with Crippen molar-refractivity contribution in [3.63, 3.8) is 0 Å². The summed E-state index contributed by atoms with van der Waals surface area (Å²) in [4.78, 5) is 3.77. The van der Waals surface area contributed by atoms with Gasteiger partial charge in [0.1, 0.15) is 0 Å². The third-order valence-electron chi connectivity index (χ3n) is 2.96. The number of nitrogens with one attached hydrogen (secondary N) is 1. The number of halogens is 3. The first-order chi connectivity index (χ1) is 9.35. The van der Waals surface area contributed by atoms with E-state index in [1.165, 1.54) is 9.78 Å². The van der Waals surface area contributed by atoms with Gasteiger partial charge in [0, 0.05) is 22.8 Å². The number of nitrogens with zero attached hydrogens (tertiary/aromatic N) is 1. The summed E-state index contributed by atoms with van der Waals surface area (Å²) in [6.07, 6.45) is -3.41. The van der Waals surface area contributed by atoms with E-state index in [2.05, 4.69) is 5.32 Å². The van der Waals surface area contributed by atoms with E-state index in [0.717, 1.165) is 30.0 Å². The molecule has 0 saturated heterocycles. The zero-order valence-electron chi connectivity index (χ0n) is 12.3. The van der Waals surface area contributed by atoms with Gasteiger partial charge in [-0.05, 0) is 38.1 Å². The van der Waals surface area contributed by atoms with Crippen molar-refractivity contribution in [1.82, 2.24) is 10.2 Å². The van der Waals surface area contributed by atoms with Crippen molar-refractivity contribution in [1.29, 1.82) is 0 Å². The summed E-state index contributed by atoms with van der Waals surface area (Å²) in [7, 11) is 0. The van der Waals surface area contributed by atoms with Crippen LogP contribution in [0.1, 0.15) is 35.6 Å². The van der Waals surface area contributed by atoms with Crippen molar-refractivity contribution in [3.8, 4) is 0 Å². The van der Waals surface area contributed by atoms with Gasteiger partial charge >= 0.3 is 6.18 Å². The molecule has 6 heteroatoms. The summed E-state index contributed by atoms with van der Waals surface area (Å²) in [5.74, 6) is 0. The van der Waals surface area contributed by atoms with E-state index in [1.54, 1.807) is 11.3 Å². The van der Waals surface area contributed by atoms with Crippen molar-refractivity contribution in [2.75, 3.05) is 19.6 Å². The lowest BCUT2D eigenvalue weighted by Gasteiger charge is -2.23. The van der Waals surface area contributed by atoms with Gasteiger partial charge in [0.05, 0.1) is 6.54 Å². The highest BCUT2D eigenvalue weighted by Gasteiger charge is 2.30. The second kappa shape index (κ2) is 8.00. The van der Waals surface area contributed by atoms with Gasteiger partial charge < -0.3 is 5.32 Å². The average Bonchev–Trinajstić information content (AvgIpc) is 2.66. The Hall–Kier alpha value is -0.590. The molecule has 20 heavy (non-hydrogen) atoms. The van der Waals surface area contributed by atoms with Gasteiger partial charge in [-0.3, -0.25) is 4.90 Å². The van der Waals surface area contributed by atoms with Gasteiger partial charge in [-0.25, -0.2) is 0 Å². The largest absolute Gasteiger partial charge is 0.401 e. The normalized spacial score (nSPS) is 12.3. The first-order valence-corrected chi connectivity index (χ1v) is 7.75. The van der Waals surface area contributed by atoms with Gasteiger partial charge in [-0.1, -0.05) is 13.8 Å². The molecule has 0 radical (unpaired) electrons. The maximum Gasteiger partial charge on any atom is 0.401 e. The molecule has 0 saturated carbocycles. The monoisotopic (exact) mass is 308 g/mol. The fourth-order valence-electron chi connectivity index (χ4n) is 2.10. The van der Waals surface area contributed by atoms with Crippen LogP contribution < -0.4 is 5.32 Å².